The van der Waals surface area contributed by atoms with Crippen molar-refractivity contribution in [2.45, 2.75) is 39.3 Å². The van der Waals surface area contributed by atoms with Crippen LogP contribution in [-0.2, 0) is 16.1 Å². The zero-order valence-electron chi connectivity index (χ0n) is 17.7. The minimum Gasteiger partial charge on any atom is -0.444 e. The van der Waals surface area contributed by atoms with E-state index in [1.54, 1.807) is 23.4 Å². The van der Waals surface area contributed by atoms with Crippen LogP contribution in [0.5, 0.6) is 0 Å². The molecule has 30 heavy (non-hydrogen) atoms. The van der Waals surface area contributed by atoms with Crippen LogP contribution in [0.2, 0.25) is 5.02 Å². The number of carbonyl (C=O) groups is 2. The summed E-state index contributed by atoms with van der Waals surface area (Å²) in [5.74, 6) is -0.147. The molecule has 0 spiro atoms. The lowest BCUT2D eigenvalue weighted by atomic mass is 10.2. The molecule has 0 atom stereocenters. The summed E-state index contributed by atoms with van der Waals surface area (Å²) in [6, 6.07) is 11.0. The van der Waals surface area contributed by atoms with E-state index < -0.39 is 11.7 Å². The molecule has 0 bridgehead atoms. The molecule has 2 aromatic rings. The summed E-state index contributed by atoms with van der Waals surface area (Å²) in [5.41, 5.74) is 1.04. The third-order valence-electron chi connectivity index (χ3n) is 3.99. The summed E-state index contributed by atoms with van der Waals surface area (Å²) in [6.07, 6.45) is 3.61. The highest BCUT2D eigenvalue weighted by Gasteiger charge is 2.22. The number of benzene rings is 1. The standard InChI is InChI=1S/C22H29ClN4O3/c1-22(2,3)30-21(29)27(16-17-8-6-11-24-14-17)13-7-12-25-20(28)15-26-19-10-5-4-9-18(19)23/h4-6,8-11,14,26H,7,12-13,15-16H2,1-3H3,(H,25,28). The molecule has 0 aliphatic carbocycles. The van der Waals surface area contributed by atoms with Gasteiger partial charge >= 0.3 is 6.09 Å². The summed E-state index contributed by atoms with van der Waals surface area (Å²) < 4.78 is 5.51. The predicted molar refractivity (Wildman–Crippen MR) is 118 cm³/mol. The van der Waals surface area contributed by atoms with Crippen molar-refractivity contribution in [3.05, 3.63) is 59.4 Å². The van der Waals surface area contributed by atoms with Gasteiger partial charge in [-0.1, -0.05) is 29.8 Å². The number of anilines is 1. The Bertz CT molecular complexity index is 825. The van der Waals surface area contributed by atoms with E-state index in [9.17, 15) is 9.59 Å². The molecule has 1 heterocycles. The first-order chi connectivity index (χ1) is 14.2. The van der Waals surface area contributed by atoms with Gasteiger partial charge in [0.1, 0.15) is 5.60 Å². The molecule has 0 aliphatic heterocycles. The van der Waals surface area contributed by atoms with Crippen LogP contribution in [0.4, 0.5) is 10.5 Å². The highest BCUT2D eigenvalue weighted by atomic mass is 35.5. The third kappa shape index (κ3) is 8.69. The largest absolute Gasteiger partial charge is 0.444 e. The van der Waals surface area contributed by atoms with Crippen molar-refractivity contribution >= 4 is 29.3 Å². The number of pyridine rings is 1. The topological polar surface area (TPSA) is 83.6 Å². The molecule has 2 rings (SSSR count). The van der Waals surface area contributed by atoms with Gasteiger partial charge in [0.25, 0.3) is 0 Å². The Morgan fingerprint density at radius 2 is 1.93 bits per heavy atom. The summed E-state index contributed by atoms with van der Waals surface area (Å²) >= 11 is 6.06. The zero-order chi connectivity index (χ0) is 22.0. The van der Waals surface area contributed by atoms with Crippen LogP contribution >= 0.6 is 11.6 Å². The van der Waals surface area contributed by atoms with Crippen molar-refractivity contribution in [1.29, 1.82) is 0 Å². The molecule has 0 unspecified atom stereocenters. The average Bonchev–Trinajstić information content (AvgIpc) is 2.69. The summed E-state index contributed by atoms with van der Waals surface area (Å²) in [4.78, 5) is 30.3. The van der Waals surface area contributed by atoms with Crippen LogP contribution in [0, 0.1) is 0 Å². The molecule has 7 nitrogen and oxygen atoms in total. The van der Waals surface area contributed by atoms with E-state index in [1.807, 2.05) is 51.1 Å². The number of carbonyl (C=O) groups excluding carboxylic acids is 2. The summed E-state index contributed by atoms with van der Waals surface area (Å²) in [6.45, 7) is 6.90. The smallest absolute Gasteiger partial charge is 0.410 e. The van der Waals surface area contributed by atoms with Gasteiger partial charge in [-0.15, -0.1) is 0 Å². The van der Waals surface area contributed by atoms with Gasteiger partial charge in [0, 0.05) is 25.5 Å². The fourth-order valence-corrected chi connectivity index (χ4v) is 2.82. The van der Waals surface area contributed by atoms with Crippen LogP contribution in [0.15, 0.2) is 48.8 Å². The Morgan fingerprint density at radius 3 is 2.60 bits per heavy atom. The molecule has 0 aliphatic rings. The molecule has 2 N–H and O–H groups in total. The molecule has 162 valence electrons. The molecule has 8 heteroatoms. The predicted octanol–water partition coefficient (Wildman–Crippen LogP) is 4.09. The van der Waals surface area contributed by atoms with Crippen LogP contribution in [0.25, 0.3) is 0 Å². The average molecular weight is 433 g/mol. The van der Waals surface area contributed by atoms with Gasteiger partial charge < -0.3 is 20.3 Å². The summed E-state index contributed by atoms with van der Waals surface area (Å²) in [7, 11) is 0. The molecular formula is C22H29ClN4O3. The highest BCUT2D eigenvalue weighted by Crippen LogP contribution is 2.19. The fourth-order valence-electron chi connectivity index (χ4n) is 2.61. The maximum Gasteiger partial charge on any atom is 0.410 e. The van der Waals surface area contributed by atoms with Crippen molar-refractivity contribution < 1.29 is 14.3 Å². The Morgan fingerprint density at radius 1 is 1.17 bits per heavy atom. The van der Waals surface area contributed by atoms with E-state index in [0.29, 0.717) is 36.8 Å². The lowest BCUT2D eigenvalue weighted by Crippen LogP contribution is -2.38. The minimum absolute atomic E-state index is 0.120. The van der Waals surface area contributed by atoms with Gasteiger partial charge in [-0.25, -0.2) is 4.79 Å². The van der Waals surface area contributed by atoms with Crippen molar-refractivity contribution in [2.24, 2.45) is 0 Å². The number of ether oxygens (including phenoxy) is 1. The quantitative estimate of drug-likeness (QED) is 0.583. The molecule has 0 fully saturated rings. The van der Waals surface area contributed by atoms with E-state index in [0.717, 1.165) is 5.56 Å². The van der Waals surface area contributed by atoms with Gasteiger partial charge in [0.05, 0.1) is 23.8 Å². The number of halogens is 1. The van der Waals surface area contributed by atoms with E-state index in [4.69, 9.17) is 16.3 Å². The van der Waals surface area contributed by atoms with Crippen LogP contribution in [0.1, 0.15) is 32.8 Å². The number of amides is 2. The highest BCUT2D eigenvalue weighted by molar-refractivity contribution is 6.33. The van der Waals surface area contributed by atoms with Gasteiger partial charge in [-0.2, -0.15) is 0 Å². The number of para-hydroxylation sites is 1. The third-order valence-corrected chi connectivity index (χ3v) is 4.32. The van der Waals surface area contributed by atoms with E-state index >= 15 is 0 Å². The number of rotatable bonds is 9. The monoisotopic (exact) mass is 432 g/mol. The first kappa shape index (κ1) is 23.5. The Kier molecular flexibility index (Phi) is 8.92. The fraction of sp³-hybridized carbons (Fsp3) is 0.409. The van der Waals surface area contributed by atoms with Crippen LogP contribution < -0.4 is 10.6 Å². The van der Waals surface area contributed by atoms with E-state index in [2.05, 4.69) is 15.6 Å². The van der Waals surface area contributed by atoms with Crippen molar-refractivity contribution in [1.82, 2.24) is 15.2 Å². The van der Waals surface area contributed by atoms with E-state index in [1.165, 1.54) is 0 Å². The lowest BCUT2D eigenvalue weighted by Gasteiger charge is -2.27. The molecule has 0 saturated carbocycles. The van der Waals surface area contributed by atoms with Gasteiger partial charge in [0.2, 0.25) is 5.91 Å². The van der Waals surface area contributed by atoms with Gasteiger partial charge in [-0.3, -0.25) is 9.78 Å². The van der Waals surface area contributed by atoms with Crippen molar-refractivity contribution in [2.75, 3.05) is 25.0 Å². The van der Waals surface area contributed by atoms with Crippen molar-refractivity contribution in [3.8, 4) is 0 Å². The second-order valence-corrected chi connectivity index (χ2v) is 8.21. The molecule has 2 amide bonds. The number of hydrogen-bond acceptors (Lipinski definition) is 5. The summed E-state index contributed by atoms with van der Waals surface area (Å²) in [5, 5.41) is 6.41. The van der Waals surface area contributed by atoms with Crippen LogP contribution in [0.3, 0.4) is 0 Å². The lowest BCUT2D eigenvalue weighted by molar-refractivity contribution is -0.119. The Balaban J connectivity index is 1.80. The molecule has 0 radical (unpaired) electrons. The first-order valence-corrected chi connectivity index (χ1v) is 10.2. The zero-order valence-corrected chi connectivity index (χ0v) is 18.4. The number of nitrogens with zero attached hydrogens (tertiary/aromatic N) is 2. The van der Waals surface area contributed by atoms with Gasteiger partial charge in [-0.05, 0) is 51.0 Å². The van der Waals surface area contributed by atoms with Crippen LogP contribution in [-0.4, -0.2) is 47.1 Å². The molecule has 1 aromatic carbocycles. The van der Waals surface area contributed by atoms with Gasteiger partial charge in [0.15, 0.2) is 0 Å². The normalized spacial score (nSPS) is 10.9. The van der Waals surface area contributed by atoms with E-state index in [-0.39, 0.29) is 12.5 Å². The maximum atomic E-state index is 12.6. The SMILES string of the molecule is CC(C)(C)OC(=O)N(CCCNC(=O)CNc1ccccc1Cl)Cc1cccnc1. The molecular weight excluding hydrogens is 404 g/mol. The Labute approximate surface area is 182 Å². The van der Waals surface area contributed by atoms with Crippen molar-refractivity contribution in [3.63, 3.8) is 0 Å². The Hall–Kier alpha value is -2.80. The minimum atomic E-state index is -0.580. The number of nitrogens with one attached hydrogen (secondary N) is 2. The number of hydrogen-bond donors (Lipinski definition) is 2. The second-order valence-electron chi connectivity index (χ2n) is 7.80. The molecule has 0 saturated heterocycles. The first-order valence-electron chi connectivity index (χ1n) is 9.86. The maximum absolute atomic E-state index is 12.6. The molecule has 1 aromatic heterocycles. The number of aromatic nitrogens is 1. The second kappa shape index (κ2) is 11.4.